The number of amides is 2. The summed E-state index contributed by atoms with van der Waals surface area (Å²) >= 11 is 5.03. The van der Waals surface area contributed by atoms with Crippen LogP contribution in [0.5, 0.6) is 0 Å². The molecule has 2 aliphatic rings. The zero-order valence-electron chi connectivity index (χ0n) is 17.9. The topological polar surface area (TPSA) is 40.6 Å². The lowest BCUT2D eigenvalue weighted by atomic mass is 9.62. The van der Waals surface area contributed by atoms with E-state index in [4.69, 9.17) is 0 Å². The number of imide groups is 1. The summed E-state index contributed by atoms with van der Waals surface area (Å²) in [6.45, 7) is 2.88. The number of halogens is 1. The SMILES string of the molecule is CSCN1C(=O)CCC(c2ccccc2)(C2CCN(Cc3ccc(Br)cc3)CC2)C1=O. The standard InChI is InChI=1S/C25H29BrN2O2S/c1-31-18-28-23(29)11-14-25(24(28)30,20-5-3-2-4-6-20)21-12-15-27(16-13-21)17-19-7-9-22(26)10-8-19/h2-10,21H,11-18H2,1H3. The molecule has 2 amide bonds. The highest BCUT2D eigenvalue weighted by molar-refractivity contribution is 9.10. The first-order valence-electron chi connectivity index (χ1n) is 10.9. The van der Waals surface area contributed by atoms with Gasteiger partial charge in [0.2, 0.25) is 11.8 Å². The number of nitrogens with zero attached hydrogens (tertiary/aromatic N) is 2. The van der Waals surface area contributed by atoms with Crippen molar-refractivity contribution in [1.82, 2.24) is 9.80 Å². The van der Waals surface area contributed by atoms with Crippen molar-refractivity contribution < 1.29 is 9.59 Å². The molecule has 1 unspecified atom stereocenters. The molecule has 0 aromatic heterocycles. The number of carbonyl (C=O) groups excluding carboxylic acids is 2. The van der Waals surface area contributed by atoms with Gasteiger partial charge in [0.05, 0.1) is 11.3 Å². The summed E-state index contributed by atoms with van der Waals surface area (Å²) in [4.78, 5) is 30.4. The summed E-state index contributed by atoms with van der Waals surface area (Å²) in [5.74, 6) is 0.671. The monoisotopic (exact) mass is 500 g/mol. The van der Waals surface area contributed by atoms with Crippen LogP contribution >= 0.6 is 27.7 Å². The molecule has 1 atom stereocenters. The molecule has 0 aliphatic carbocycles. The summed E-state index contributed by atoms with van der Waals surface area (Å²) in [6, 6.07) is 18.7. The Morgan fingerprint density at radius 3 is 2.35 bits per heavy atom. The van der Waals surface area contributed by atoms with Crippen LogP contribution in [0.3, 0.4) is 0 Å². The van der Waals surface area contributed by atoms with Crippen molar-refractivity contribution in [2.75, 3.05) is 25.2 Å². The van der Waals surface area contributed by atoms with Crippen LogP contribution in [0.4, 0.5) is 0 Å². The van der Waals surface area contributed by atoms with Gasteiger partial charge < -0.3 is 0 Å². The highest BCUT2D eigenvalue weighted by Gasteiger charge is 2.53. The van der Waals surface area contributed by atoms with Gasteiger partial charge in [-0.05, 0) is 67.8 Å². The van der Waals surface area contributed by atoms with E-state index in [1.165, 1.54) is 22.2 Å². The van der Waals surface area contributed by atoms with Crippen LogP contribution in [-0.4, -0.2) is 46.8 Å². The van der Waals surface area contributed by atoms with E-state index < -0.39 is 5.41 Å². The molecule has 0 radical (unpaired) electrons. The lowest BCUT2D eigenvalue weighted by molar-refractivity contribution is -0.155. The lowest BCUT2D eigenvalue weighted by Gasteiger charge is -2.48. The van der Waals surface area contributed by atoms with Crippen molar-refractivity contribution in [2.24, 2.45) is 5.92 Å². The van der Waals surface area contributed by atoms with E-state index in [0.29, 0.717) is 18.7 Å². The van der Waals surface area contributed by atoms with Crippen LogP contribution in [0, 0.1) is 5.92 Å². The second-order valence-corrected chi connectivity index (χ2v) is 10.3. The molecule has 2 heterocycles. The summed E-state index contributed by atoms with van der Waals surface area (Å²) in [5, 5.41) is 0. The number of hydrogen-bond acceptors (Lipinski definition) is 4. The fraction of sp³-hybridized carbons (Fsp3) is 0.440. The third-order valence-electron chi connectivity index (χ3n) is 6.81. The highest BCUT2D eigenvalue weighted by Crippen LogP contribution is 2.46. The molecule has 2 saturated heterocycles. The van der Waals surface area contributed by atoms with Gasteiger partial charge in [0.15, 0.2) is 0 Å². The van der Waals surface area contributed by atoms with E-state index in [1.807, 2.05) is 24.5 Å². The van der Waals surface area contributed by atoms with Crippen molar-refractivity contribution in [3.05, 3.63) is 70.2 Å². The first-order chi connectivity index (χ1) is 15.0. The maximum absolute atomic E-state index is 13.8. The maximum Gasteiger partial charge on any atom is 0.240 e. The molecule has 2 aromatic carbocycles. The van der Waals surface area contributed by atoms with E-state index >= 15 is 0 Å². The molecule has 4 rings (SSSR count). The fourth-order valence-corrected chi connectivity index (χ4v) is 5.99. The third kappa shape index (κ3) is 4.62. The molecule has 4 nitrogen and oxygen atoms in total. The quantitative estimate of drug-likeness (QED) is 0.519. The van der Waals surface area contributed by atoms with Crippen LogP contribution in [0.2, 0.25) is 0 Å². The number of carbonyl (C=O) groups is 2. The Balaban J connectivity index is 1.55. The largest absolute Gasteiger partial charge is 0.299 e. The van der Waals surface area contributed by atoms with Crippen molar-refractivity contribution in [1.29, 1.82) is 0 Å². The molecular formula is C25H29BrN2O2S. The van der Waals surface area contributed by atoms with Crippen molar-refractivity contribution in [3.8, 4) is 0 Å². The number of benzene rings is 2. The zero-order valence-corrected chi connectivity index (χ0v) is 20.3. The predicted molar refractivity (Wildman–Crippen MR) is 130 cm³/mol. The molecule has 6 heteroatoms. The highest BCUT2D eigenvalue weighted by atomic mass is 79.9. The van der Waals surface area contributed by atoms with Gasteiger partial charge in [0.25, 0.3) is 0 Å². The minimum atomic E-state index is -0.589. The number of thioether (sulfide) groups is 1. The predicted octanol–water partition coefficient (Wildman–Crippen LogP) is 5.07. The Morgan fingerprint density at radius 1 is 1.03 bits per heavy atom. The molecule has 0 spiro atoms. The maximum atomic E-state index is 13.8. The molecule has 2 aliphatic heterocycles. The molecule has 164 valence electrons. The van der Waals surface area contributed by atoms with Crippen molar-refractivity contribution in [3.63, 3.8) is 0 Å². The van der Waals surface area contributed by atoms with Gasteiger partial charge in [0, 0.05) is 17.4 Å². The van der Waals surface area contributed by atoms with Gasteiger partial charge in [-0.25, -0.2) is 0 Å². The number of piperidine rings is 2. The van der Waals surface area contributed by atoms with E-state index in [9.17, 15) is 9.59 Å². The van der Waals surface area contributed by atoms with Crippen LogP contribution < -0.4 is 0 Å². The molecule has 31 heavy (non-hydrogen) atoms. The smallest absolute Gasteiger partial charge is 0.240 e. The van der Waals surface area contributed by atoms with Gasteiger partial charge in [0.1, 0.15) is 0 Å². The number of likely N-dealkylation sites (tertiary alicyclic amines) is 2. The summed E-state index contributed by atoms with van der Waals surface area (Å²) in [7, 11) is 0. The molecule has 2 fully saturated rings. The van der Waals surface area contributed by atoms with Crippen molar-refractivity contribution in [2.45, 2.75) is 37.6 Å². The van der Waals surface area contributed by atoms with Gasteiger partial charge in [-0.2, -0.15) is 0 Å². The van der Waals surface area contributed by atoms with E-state index in [2.05, 4.69) is 57.2 Å². The molecule has 0 saturated carbocycles. The normalized spacial score (nSPS) is 23.4. The molecule has 2 aromatic rings. The summed E-state index contributed by atoms with van der Waals surface area (Å²) < 4.78 is 1.10. The molecule has 0 N–H and O–H groups in total. The van der Waals surface area contributed by atoms with Gasteiger partial charge in [-0.3, -0.25) is 19.4 Å². The Kier molecular flexibility index (Phi) is 7.19. The Labute approximate surface area is 197 Å². The summed E-state index contributed by atoms with van der Waals surface area (Å²) in [5.41, 5.74) is 1.80. The zero-order chi connectivity index (χ0) is 21.8. The minimum absolute atomic E-state index is 0.00987. The first-order valence-corrected chi connectivity index (χ1v) is 13.1. The van der Waals surface area contributed by atoms with Gasteiger partial charge in [-0.1, -0.05) is 58.4 Å². The molecular weight excluding hydrogens is 472 g/mol. The number of hydrogen-bond donors (Lipinski definition) is 0. The summed E-state index contributed by atoms with van der Waals surface area (Å²) in [6.07, 6.45) is 4.95. The Hall–Kier alpha value is -1.63. The van der Waals surface area contributed by atoms with Crippen LogP contribution in [0.1, 0.15) is 36.8 Å². The van der Waals surface area contributed by atoms with E-state index in [-0.39, 0.29) is 17.7 Å². The lowest BCUT2D eigenvalue weighted by Crippen LogP contribution is -2.58. The van der Waals surface area contributed by atoms with Crippen LogP contribution in [0.15, 0.2) is 59.1 Å². The first kappa shape index (κ1) is 22.6. The average molecular weight is 501 g/mol. The second-order valence-electron chi connectivity index (χ2n) is 8.56. The Bertz CT molecular complexity index is 913. The van der Waals surface area contributed by atoms with Gasteiger partial charge in [-0.15, -0.1) is 11.8 Å². The fourth-order valence-electron chi connectivity index (χ4n) is 5.21. The van der Waals surface area contributed by atoms with Crippen LogP contribution in [-0.2, 0) is 21.5 Å². The third-order valence-corrected chi connectivity index (χ3v) is 7.86. The average Bonchev–Trinajstić information content (AvgIpc) is 2.80. The minimum Gasteiger partial charge on any atom is -0.299 e. The van der Waals surface area contributed by atoms with Crippen LogP contribution in [0.25, 0.3) is 0 Å². The van der Waals surface area contributed by atoms with E-state index in [1.54, 1.807) is 0 Å². The molecule has 0 bridgehead atoms. The van der Waals surface area contributed by atoms with E-state index in [0.717, 1.165) is 42.5 Å². The number of rotatable bonds is 6. The van der Waals surface area contributed by atoms with Crippen molar-refractivity contribution >= 4 is 39.5 Å². The second kappa shape index (κ2) is 9.88. The Morgan fingerprint density at radius 2 is 1.71 bits per heavy atom. The van der Waals surface area contributed by atoms with Gasteiger partial charge >= 0.3 is 0 Å².